The molecule has 0 radical (unpaired) electrons. The van der Waals surface area contributed by atoms with Crippen LogP contribution in [0.5, 0.6) is 0 Å². The molecule has 0 aromatic carbocycles. The smallest absolute Gasteiger partial charge is 0.223 e. The molecule has 1 aliphatic carbocycles. The standard InChI is InChI=1S/C15H24O4/c1-8(2)11-7-15(19-18,10(5)6)12(9(3)4)14(17)13(11)16/h7-10,17-18H,1-6H3. The van der Waals surface area contributed by atoms with Gasteiger partial charge in [-0.3, -0.25) is 10.1 Å². The quantitative estimate of drug-likeness (QED) is 0.605. The first kappa shape index (κ1) is 15.9. The zero-order valence-electron chi connectivity index (χ0n) is 12.5. The maximum absolute atomic E-state index is 12.2. The average Bonchev–Trinajstić information content (AvgIpc) is 2.30. The van der Waals surface area contributed by atoms with Gasteiger partial charge < -0.3 is 5.11 Å². The van der Waals surface area contributed by atoms with Crippen LogP contribution in [0.2, 0.25) is 0 Å². The van der Waals surface area contributed by atoms with E-state index in [0.717, 1.165) is 0 Å². The molecule has 2 N–H and O–H groups in total. The molecule has 0 aliphatic heterocycles. The summed E-state index contributed by atoms with van der Waals surface area (Å²) in [5, 5.41) is 19.7. The Labute approximate surface area is 114 Å². The van der Waals surface area contributed by atoms with E-state index in [0.29, 0.717) is 11.1 Å². The van der Waals surface area contributed by atoms with Gasteiger partial charge in [-0.05, 0) is 23.8 Å². The van der Waals surface area contributed by atoms with Gasteiger partial charge in [0.2, 0.25) is 5.78 Å². The van der Waals surface area contributed by atoms with Gasteiger partial charge in [0.25, 0.3) is 0 Å². The summed E-state index contributed by atoms with van der Waals surface area (Å²) in [6.07, 6.45) is 1.67. The molecule has 1 rings (SSSR count). The Bertz CT molecular complexity index is 429. The van der Waals surface area contributed by atoms with Gasteiger partial charge in [0, 0.05) is 11.1 Å². The van der Waals surface area contributed by atoms with Crippen LogP contribution in [0.3, 0.4) is 0 Å². The van der Waals surface area contributed by atoms with Crippen LogP contribution in [0, 0.1) is 17.8 Å². The van der Waals surface area contributed by atoms with E-state index in [1.165, 1.54) is 0 Å². The van der Waals surface area contributed by atoms with Crippen molar-refractivity contribution in [2.45, 2.75) is 47.1 Å². The highest BCUT2D eigenvalue weighted by Crippen LogP contribution is 2.42. The predicted octanol–water partition coefficient (Wildman–Crippen LogP) is 3.50. The molecule has 0 saturated heterocycles. The van der Waals surface area contributed by atoms with Crippen LogP contribution in [0.4, 0.5) is 0 Å². The lowest BCUT2D eigenvalue weighted by Crippen LogP contribution is -2.44. The number of hydrogen-bond acceptors (Lipinski definition) is 4. The molecular formula is C15H24O4. The van der Waals surface area contributed by atoms with Crippen molar-refractivity contribution in [2.24, 2.45) is 17.8 Å². The second-order valence-electron chi connectivity index (χ2n) is 6.04. The van der Waals surface area contributed by atoms with Gasteiger partial charge in [-0.1, -0.05) is 41.5 Å². The van der Waals surface area contributed by atoms with Crippen LogP contribution in [0.25, 0.3) is 0 Å². The van der Waals surface area contributed by atoms with Crippen molar-refractivity contribution in [2.75, 3.05) is 0 Å². The maximum atomic E-state index is 12.2. The molecule has 0 bridgehead atoms. The van der Waals surface area contributed by atoms with Gasteiger partial charge in [0.05, 0.1) is 0 Å². The van der Waals surface area contributed by atoms with Crippen molar-refractivity contribution in [3.63, 3.8) is 0 Å². The fourth-order valence-corrected chi connectivity index (χ4v) is 2.63. The van der Waals surface area contributed by atoms with Crippen molar-refractivity contribution in [3.8, 4) is 0 Å². The molecule has 0 spiro atoms. The summed E-state index contributed by atoms with van der Waals surface area (Å²) in [4.78, 5) is 17.0. The first-order chi connectivity index (χ1) is 8.69. The fraction of sp³-hybridized carbons (Fsp3) is 0.667. The summed E-state index contributed by atoms with van der Waals surface area (Å²) >= 11 is 0. The van der Waals surface area contributed by atoms with Crippen LogP contribution in [-0.2, 0) is 9.68 Å². The SMILES string of the molecule is CC(C)C1=CC(OO)(C(C)C)C(C(C)C)=C(O)C1=O. The molecule has 1 unspecified atom stereocenters. The van der Waals surface area contributed by atoms with Gasteiger partial charge in [-0.25, -0.2) is 4.89 Å². The second kappa shape index (κ2) is 5.47. The molecule has 0 aromatic heterocycles. The molecule has 0 saturated carbocycles. The van der Waals surface area contributed by atoms with Crippen molar-refractivity contribution in [1.29, 1.82) is 0 Å². The van der Waals surface area contributed by atoms with Crippen LogP contribution in [0.1, 0.15) is 41.5 Å². The van der Waals surface area contributed by atoms with E-state index in [1.54, 1.807) is 6.08 Å². The molecule has 4 nitrogen and oxygen atoms in total. The van der Waals surface area contributed by atoms with E-state index >= 15 is 0 Å². The highest BCUT2D eigenvalue weighted by Gasteiger charge is 2.46. The van der Waals surface area contributed by atoms with Gasteiger partial charge in [0.15, 0.2) is 5.76 Å². The lowest BCUT2D eigenvalue weighted by atomic mass is 9.71. The summed E-state index contributed by atoms with van der Waals surface area (Å²) in [6, 6.07) is 0. The van der Waals surface area contributed by atoms with E-state index in [4.69, 9.17) is 4.89 Å². The summed E-state index contributed by atoms with van der Waals surface area (Å²) in [5.74, 6) is -0.921. The van der Waals surface area contributed by atoms with E-state index in [-0.39, 0.29) is 29.3 Å². The number of carbonyl (C=O) groups is 1. The first-order valence-corrected chi connectivity index (χ1v) is 6.72. The minimum atomic E-state index is -1.13. The summed E-state index contributed by atoms with van der Waals surface area (Å²) in [6.45, 7) is 11.2. The monoisotopic (exact) mass is 268 g/mol. The van der Waals surface area contributed by atoms with Gasteiger partial charge in [-0.15, -0.1) is 0 Å². The van der Waals surface area contributed by atoms with Crippen molar-refractivity contribution >= 4 is 5.78 Å². The Hall–Kier alpha value is -1.13. The van der Waals surface area contributed by atoms with E-state index in [1.807, 2.05) is 41.5 Å². The van der Waals surface area contributed by atoms with Crippen LogP contribution < -0.4 is 0 Å². The number of rotatable bonds is 4. The van der Waals surface area contributed by atoms with Crippen molar-refractivity contribution < 1.29 is 20.0 Å². The third kappa shape index (κ3) is 2.47. The summed E-state index contributed by atoms with van der Waals surface area (Å²) in [5.41, 5.74) is -0.213. The third-order valence-corrected chi connectivity index (χ3v) is 3.73. The number of aliphatic hydroxyl groups excluding tert-OH is 1. The molecule has 0 fully saturated rings. The minimum absolute atomic E-state index is 0.0448. The number of Topliss-reactive ketones (excluding diaryl/α,β-unsaturated/α-hetero) is 1. The predicted molar refractivity (Wildman–Crippen MR) is 73.7 cm³/mol. The molecule has 0 amide bonds. The van der Waals surface area contributed by atoms with Crippen LogP contribution in [-0.4, -0.2) is 21.7 Å². The Morgan fingerprint density at radius 2 is 1.63 bits per heavy atom. The molecule has 1 atom stereocenters. The molecular weight excluding hydrogens is 244 g/mol. The van der Waals surface area contributed by atoms with Gasteiger partial charge in [0.1, 0.15) is 5.60 Å². The topological polar surface area (TPSA) is 66.8 Å². The van der Waals surface area contributed by atoms with Gasteiger partial charge in [-0.2, -0.15) is 0 Å². The highest BCUT2D eigenvalue weighted by molar-refractivity contribution is 6.09. The molecule has 108 valence electrons. The zero-order chi connectivity index (χ0) is 15.0. The van der Waals surface area contributed by atoms with Crippen LogP contribution in [0.15, 0.2) is 23.0 Å². The number of allylic oxidation sites excluding steroid dienone is 1. The number of carbonyl (C=O) groups excluding carboxylic acids is 1. The highest BCUT2D eigenvalue weighted by atomic mass is 17.1. The summed E-state index contributed by atoms with van der Waals surface area (Å²) in [7, 11) is 0. The molecule has 1 aliphatic rings. The largest absolute Gasteiger partial charge is 0.504 e. The Morgan fingerprint density at radius 1 is 1.11 bits per heavy atom. The van der Waals surface area contributed by atoms with Gasteiger partial charge >= 0.3 is 0 Å². The fourth-order valence-electron chi connectivity index (χ4n) is 2.63. The Kier molecular flexibility index (Phi) is 4.59. The average molecular weight is 268 g/mol. The maximum Gasteiger partial charge on any atom is 0.223 e. The van der Waals surface area contributed by atoms with E-state index < -0.39 is 5.60 Å². The van der Waals surface area contributed by atoms with Crippen molar-refractivity contribution in [1.82, 2.24) is 0 Å². The van der Waals surface area contributed by atoms with E-state index in [2.05, 4.69) is 0 Å². The Balaban J connectivity index is 3.57. The Morgan fingerprint density at radius 3 is 1.95 bits per heavy atom. The molecule has 19 heavy (non-hydrogen) atoms. The normalized spacial score (nSPS) is 24.7. The zero-order valence-corrected chi connectivity index (χ0v) is 12.5. The van der Waals surface area contributed by atoms with Crippen LogP contribution >= 0.6 is 0 Å². The number of hydrogen-bond donors (Lipinski definition) is 2. The lowest BCUT2D eigenvalue weighted by Gasteiger charge is -2.39. The second-order valence-corrected chi connectivity index (χ2v) is 6.04. The molecule has 0 heterocycles. The number of ketones is 1. The van der Waals surface area contributed by atoms with Crippen molar-refractivity contribution in [3.05, 3.63) is 23.0 Å². The first-order valence-electron chi connectivity index (χ1n) is 6.72. The number of aliphatic hydroxyl groups is 1. The lowest BCUT2D eigenvalue weighted by molar-refractivity contribution is -0.309. The summed E-state index contributed by atoms with van der Waals surface area (Å²) < 4.78 is 0. The molecule has 4 heteroatoms. The molecule has 0 aromatic rings. The van der Waals surface area contributed by atoms with E-state index in [9.17, 15) is 15.2 Å². The minimum Gasteiger partial charge on any atom is -0.504 e. The third-order valence-electron chi connectivity index (χ3n) is 3.73.